The van der Waals surface area contributed by atoms with E-state index in [1.807, 2.05) is 4.68 Å². The van der Waals surface area contributed by atoms with E-state index in [2.05, 4.69) is 36.2 Å². The Balaban J connectivity index is 1.57. The zero-order valence-corrected chi connectivity index (χ0v) is 19.5. The van der Waals surface area contributed by atoms with Crippen LogP contribution >= 0.6 is 11.3 Å². The molecule has 8 heteroatoms. The highest BCUT2D eigenvalue weighted by atomic mass is 32.1. The third-order valence-electron chi connectivity index (χ3n) is 5.61. The van der Waals surface area contributed by atoms with Crippen molar-refractivity contribution in [3.05, 3.63) is 47.4 Å². The molecular weight excluding hydrogens is 427 g/mol. The monoisotopic (exact) mass is 456 g/mol. The van der Waals surface area contributed by atoms with Gasteiger partial charge in [0, 0.05) is 30.7 Å². The molecule has 170 valence electrons. The minimum absolute atomic E-state index is 0.163. The Hall–Kier alpha value is -2.58. The highest BCUT2D eigenvalue weighted by molar-refractivity contribution is 7.13. The molecule has 4 rings (SSSR count). The molecule has 32 heavy (non-hydrogen) atoms. The number of carbonyl (C=O) groups excluding carboxylic acids is 1. The van der Waals surface area contributed by atoms with Crippen LogP contribution in [0.25, 0.3) is 21.8 Å². The van der Waals surface area contributed by atoms with E-state index in [1.165, 1.54) is 23.5 Å². The number of aromatic nitrogens is 3. The molecule has 1 amide bonds. The van der Waals surface area contributed by atoms with Crippen molar-refractivity contribution in [3.63, 3.8) is 0 Å². The number of benzene rings is 1. The minimum atomic E-state index is -0.287. The normalized spacial score (nSPS) is 17.2. The predicted octanol–water partition coefficient (Wildman–Crippen LogP) is 5.11. The van der Waals surface area contributed by atoms with Gasteiger partial charge in [-0.1, -0.05) is 0 Å². The van der Waals surface area contributed by atoms with E-state index in [-0.39, 0.29) is 17.3 Å². The Kier molecular flexibility index (Phi) is 6.71. The first-order valence-electron chi connectivity index (χ1n) is 11.0. The van der Waals surface area contributed by atoms with Gasteiger partial charge in [0.15, 0.2) is 0 Å². The first-order valence-corrected chi connectivity index (χ1v) is 11.9. The molecule has 1 unspecified atom stereocenters. The van der Waals surface area contributed by atoms with Crippen LogP contribution in [0.3, 0.4) is 0 Å². The van der Waals surface area contributed by atoms with Gasteiger partial charge in [-0.2, -0.15) is 5.10 Å². The average molecular weight is 457 g/mol. The fourth-order valence-electron chi connectivity index (χ4n) is 3.90. The van der Waals surface area contributed by atoms with E-state index < -0.39 is 0 Å². The Morgan fingerprint density at radius 3 is 2.78 bits per heavy atom. The van der Waals surface area contributed by atoms with Crippen molar-refractivity contribution in [2.75, 3.05) is 19.8 Å². The fourth-order valence-corrected chi connectivity index (χ4v) is 4.71. The van der Waals surface area contributed by atoms with E-state index in [4.69, 9.17) is 4.74 Å². The zero-order valence-electron chi connectivity index (χ0n) is 18.7. The fraction of sp³-hybridized carbons (Fsp3) is 0.458. The Morgan fingerprint density at radius 1 is 1.25 bits per heavy atom. The van der Waals surface area contributed by atoms with Gasteiger partial charge in [-0.25, -0.2) is 9.37 Å². The molecule has 1 saturated heterocycles. The summed E-state index contributed by atoms with van der Waals surface area (Å²) in [5.41, 5.74) is 2.67. The summed E-state index contributed by atoms with van der Waals surface area (Å²) in [6, 6.07) is 6.38. The maximum atomic E-state index is 13.5. The smallest absolute Gasteiger partial charge is 0.270 e. The van der Waals surface area contributed by atoms with Crippen molar-refractivity contribution in [3.8, 4) is 21.8 Å². The number of rotatable bonds is 5. The quantitative estimate of drug-likeness (QED) is 0.579. The van der Waals surface area contributed by atoms with Gasteiger partial charge in [-0.3, -0.25) is 9.48 Å². The number of ether oxygens (including phenoxy) is 1. The summed E-state index contributed by atoms with van der Waals surface area (Å²) in [6.07, 6.45) is 4.84. The van der Waals surface area contributed by atoms with Crippen LogP contribution in [-0.2, 0) is 10.3 Å². The van der Waals surface area contributed by atoms with Crippen molar-refractivity contribution in [2.45, 2.75) is 45.6 Å². The third-order valence-corrected chi connectivity index (χ3v) is 6.49. The van der Waals surface area contributed by atoms with Crippen LogP contribution in [0, 0.1) is 11.7 Å². The molecule has 3 heterocycles. The number of amides is 1. The summed E-state index contributed by atoms with van der Waals surface area (Å²) in [5.74, 6) is -0.00979. The van der Waals surface area contributed by atoms with Crippen LogP contribution in [-0.4, -0.2) is 40.4 Å². The molecule has 0 bridgehead atoms. The van der Waals surface area contributed by atoms with Crippen LogP contribution in [0.4, 0.5) is 4.39 Å². The van der Waals surface area contributed by atoms with Crippen LogP contribution in [0.15, 0.2) is 35.8 Å². The number of carbonyl (C=O) groups is 1. The molecule has 1 atom stereocenters. The van der Waals surface area contributed by atoms with Crippen LogP contribution < -0.4 is 5.32 Å². The Bertz CT molecular complexity index is 1060. The molecule has 1 aromatic carbocycles. The molecule has 2 aromatic heterocycles. The largest absolute Gasteiger partial charge is 0.381 e. The van der Waals surface area contributed by atoms with Gasteiger partial charge in [0.2, 0.25) is 0 Å². The van der Waals surface area contributed by atoms with Crippen LogP contribution in [0.1, 0.15) is 50.5 Å². The second-order valence-electron chi connectivity index (χ2n) is 9.15. The minimum Gasteiger partial charge on any atom is -0.381 e. The van der Waals surface area contributed by atoms with E-state index in [0.29, 0.717) is 23.2 Å². The molecule has 6 nitrogen and oxygen atoms in total. The van der Waals surface area contributed by atoms with Gasteiger partial charge in [0.1, 0.15) is 16.5 Å². The van der Waals surface area contributed by atoms with Gasteiger partial charge in [-0.05, 0) is 70.2 Å². The molecular formula is C24H29FN4O2S. The van der Waals surface area contributed by atoms with Gasteiger partial charge >= 0.3 is 0 Å². The maximum Gasteiger partial charge on any atom is 0.270 e. The molecule has 1 aliphatic heterocycles. The van der Waals surface area contributed by atoms with E-state index in [1.54, 1.807) is 23.7 Å². The topological polar surface area (TPSA) is 69.0 Å². The van der Waals surface area contributed by atoms with Gasteiger partial charge in [-0.15, -0.1) is 11.3 Å². The molecule has 0 radical (unpaired) electrons. The number of thiazole rings is 1. The van der Waals surface area contributed by atoms with Crippen molar-refractivity contribution in [2.24, 2.45) is 5.92 Å². The number of nitrogens with zero attached hydrogens (tertiary/aromatic N) is 3. The van der Waals surface area contributed by atoms with Crippen LogP contribution in [0.2, 0.25) is 0 Å². The Labute approximate surface area is 191 Å². The molecule has 1 N–H and O–H groups in total. The summed E-state index contributed by atoms with van der Waals surface area (Å²) in [6.45, 7) is 8.39. The summed E-state index contributed by atoms with van der Waals surface area (Å²) in [5, 5.41) is 10.1. The van der Waals surface area contributed by atoms with Gasteiger partial charge < -0.3 is 10.1 Å². The van der Waals surface area contributed by atoms with E-state index in [9.17, 15) is 9.18 Å². The van der Waals surface area contributed by atoms with E-state index >= 15 is 0 Å². The lowest BCUT2D eigenvalue weighted by Crippen LogP contribution is -2.29. The van der Waals surface area contributed by atoms with Crippen LogP contribution in [0.5, 0.6) is 0 Å². The molecule has 3 aromatic rings. The zero-order chi connectivity index (χ0) is 22.7. The number of nitrogens with one attached hydrogen (secondary N) is 1. The van der Waals surface area contributed by atoms with Crippen molar-refractivity contribution >= 4 is 17.2 Å². The highest BCUT2D eigenvalue weighted by Gasteiger charge is 2.25. The maximum absolute atomic E-state index is 13.5. The number of hydrogen-bond acceptors (Lipinski definition) is 5. The standard InChI is InChI=1S/C24H29FN4O2S/c1-24(2,3)29-21(17-6-8-18(25)9-7-17)19(14-27-29)23-28-20(15-32-23)22(30)26-13-16-5-4-11-31-12-10-16/h6-9,14-16H,4-5,10-13H2,1-3H3,(H,26,30). The lowest BCUT2D eigenvalue weighted by atomic mass is 10.0. The second-order valence-corrected chi connectivity index (χ2v) is 10.0. The summed E-state index contributed by atoms with van der Waals surface area (Å²) < 4.78 is 20.9. The van der Waals surface area contributed by atoms with Crippen molar-refractivity contribution in [1.29, 1.82) is 0 Å². The lowest BCUT2D eigenvalue weighted by molar-refractivity contribution is 0.0939. The average Bonchev–Trinajstić information content (AvgIpc) is 3.34. The van der Waals surface area contributed by atoms with E-state index in [0.717, 1.165) is 49.3 Å². The highest BCUT2D eigenvalue weighted by Crippen LogP contribution is 2.36. The van der Waals surface area contributed by atoms with Gasteiger partial charge in [0.05, 0.1) is 23.0 Å². The summed E-state index contributed by atoms with van der Waals surface area (Å²) in [7, 11) is 0. The third kappa shape index (κ3) is 5.07. The van der Waals surface area contributed by atoms with Crippen molar-refractivity contribution in [1.82, 2.24) is 20.1 Å². The lowest BCUT2D eigenvalue weighted by Gasteiger charge is -2.23. The molecule has 1 aliphatic rings. The first-order chi connectivity index (χ1) is 15.3. The molecule has 0 saturated carbocycles. The molecule has 0 aliphatic carbocycles. The van der Waals surface area contributed by atoms with Crippen molar-refractivity contribution < 1.29 is 13.9 Å². The summed E-state index contributed by atoms with van der Waals surface area (Å²) in [4.78, 5) is 17.3. The second kappa shape index (κ2) is 9.50. The molecule has 0 spiro atoms. The SMILES string of the molecule is CC(C)(C)n1ncc(-c2nc(C(=O)NCC3CCCOCC3)cs2)c1-c1ccc(F)cc1. The molecule has 1 fully saturated rings. The number of hydrogen-bond donors (Lipinski definition) is 1. The van der Waals surface area contributed by atoms with Gasteiger partial charge in [0.25, 0.3) is 5.91 Å². The summed E-state index contributed by atoms with van der Waals surface area (Å²) >= 11 is 1.41. The Morgan fingerprint density at radius 2 is 2.03 bits per heavy atom. The predicted molar refractivity (Wildman–Crippen MR) is 124 cm³/mol. The first kappa shape index (κ1) is 22.6. The number of halogens is 1.